The Hall–Kier alpha value is -0.620. The van der Waals surface area contributed by atoms with Gasteiger partial charge in [-0.25, -0.2) is 4.79 Å². The summed E-state index contributed by atoms with van der Waals surface area (Å²) in [7, 11) is 0. The second-order valence-corrected chi connectivity index (χ2v) is 4.30. The van der Waals surface area contributed by atoms with Crippen LogP contribution < -0.4 is 0 Å². The molecule has 0 N–H and O–H groups in total. The van der Waals surface area contributed by atoms with Gasteiger partial charge < -0.3 is 0 Å². The van der Waals surface area contributed by atoms with Crippen LogP contribution in [0.2, 0.25) is 0 Å². The minimum atomic E-state index is -0.0503. The van der Waals surface area contributed by atoms with Crippen molar-refractivity contribution in [2.45, 2.75) is 45.6 Å². The van der Waals surface area contributed by atoms with Crippen LogP contribution in [0.15, 0.2) is 4.99 Å². The maximum atomic E-state index is 10.1. The summed E-state index contributed by atoms with van der Waals surface area (Å²) in [5, 5.41) is 0. The van der Waals surface area contributed by atoms with Crippen LogP contribution in [0, 0.1) is 5.41 Å². The van der Waals surface area contributed by atoms with E-state index in [1.165, 1.54) is 0 Å². The third-order valence-corrected chi connectivity index (χ3v) is 2.56. The van der Waals surface area contributed by atoms with E-state index in [0.717, 1.165) is 19.3 Å². The normalized spacial score (nSPS) is 25.0. The molecule has 0 saturated heterocycles. The molecule has 2 heteroatoms. The minimum absolute atomic E-state index is 0.0503. The second kappa shape index (κ2) is 2.46. The Labute approximate surface area is 67.7 Å². The topological polar surface area (TPSA) is 29.4 Å². The predicted octanol–water partition coefficient (Wildman–Crippen LogP) is 2.29. The van der Waals surface area contributed by atoms with Gasteiger partial charge in [-0.15, -0.1) is 0 Å². The van der Waals surface area contributed by atoms with Gasteiger partial charge in [0.25, 0.3) is 0 Å². The van der Waals surface area contributed by atoms with Gasteiger partial charge in [-0.1, -0.05) is 20.8 Å². The Morgan fingerprint density at radius 3 is 2.27 bits per heavy atom. The lowest BCUT2D eigenvalue weighted by atomic mass is 9.59. The van der Waals surface area contributed by atoms with Crippen LogP contribution in [0.4, 0.5) is 0 Å². The molecule has 0 bridgehead atoms. The summed E-state index contributed by atoms with van der Waals surface area (Å²) in [5.74, 6) is 0. The van der Waals surface area contributed by atoms with Crippen LogP contribution in [0.1, 0.15) is 40.0 Å². The zero-order valence-corrected chi connectivity index (χ0v) is 7.48. The zero-order valence-electron chi connectivity index (χ0n) is 7.48. The SMILES string of the molecule is CCC1(N=C=O)CC(C)(C)C1. The third-order valence-electron chi connectivity index (χ3n) is 2.56. The van der Waals surface area contributed by atoms with Crippen molar-refractivity contribution in [1.82, 2.24) is 0 Å². The summed E-state index contributed by atoms with van der Waals surface area (Å²) in [6.45, 7) is 6.50. The maximum Gasteiger partial charge on any atom is 0.235 e. The average molecular weight is 153 g/mol. The summed E-state index contributed by atoms with van der Waals surface area (Å²) in [6.07, 6.45) is 4.71. The van der Waals surface area contributed by atoms with Gasteiger partial charge in [0.05, 0.1) is 5.54 Å². The lowest BCUT2D eigenvalue weighted by molar-refractivity contribution is 0.0628. The smallest absolute Gasteiger partial charge is 0.211 e. The molecule has 0 aromatic heterocycles. The quantitative estimate of drug-likeness (QED) is 0.442. The van der Waals surface area contributed by atoms with E-state index in [1.54, 1.807) is 6.08 Å². The van der Waals surface area contributed by atoms with Gasteiger partial charge in [0.2, 0.25) is 6.08 Å². The molecule has 1 aliphatic carbocycles. The van der Waals surface area contributed by atoms with Crippen LogP contribution in [-0.2, 0) is 4.79 Å². The zero-order chi connectivity index (χ0) is 8.54. The van der Waals surface area contributed by atoms with Crippen molar-refractivity contribution in [1.29, 1.82) is 0 Å². The van der Waals surface area contributed by atoms with E-state index in [2.05, 4.69) is 25.8 Å². The van der Waals surface area contributed by atoms with Gasteiger partial charge in [0.15, 0.2) is 0 Å². The highest BCUT2D eigenvalue weighted by molar-refractivity contribution is 5.36. The molecule has 1 rings (SSSR count). The van der Waals surface area contributed by atoms with Crippen LogP contribution >= 0.6 is 0 Å². The first-order valence-electron chi connectivity index (χ1n) is 4.13. The highest BCUT2D eigenvalue weighted by Gasteiger charge is 2.48. The van der Waals surface area contributed by atoms with Crippen LogP contribution in [0.25, 0.3) is 0 Å². The average Bonchev–Trinajstić information content (AvgIpc) is 1.84. The second-order valence-electron chi connectivity index (χ2n) is 4.30. The van der Waals surface area contributed by atoms with Crippen LogP contribution in [0.3, 0.4) is 0 Å². The van der Waals surface area contributed by atoms with Crippen molar-refractivity contribution in [3.63, 3.8) is 0 Å². The lowest BCUT2D eigenvalue weighted by Crippen LogP contribution is -2.46. The number of aliphatic imine (C=N–C) groups is 1. The van der Waals surface area contributed by atoms with Gasteiger partial charge in [0.1, 0.15) is 0 Å². The molecule has 0 radical (unpaired) electrons. The summed E-state index contributed by atoms with van der Waals surface area (Å²) in [6, 6.07) is 0. The van der Waals surface area contributed by atoms with Gasteiger partial charge in [-0.2, -0.15) is 4.99 Å². The largest absolute Gasteiger partial charge is 0.235 e. The molecule has 0 heterocycles. The molecule has 1 fully saturated rings. The first-order valence-corrected chi connectivity index (χ1v) is 4.13. The number of carbonyl (C=O) groups excluding carboxylic acids is 1. The molecule has 0 aromatic carbocycles. The number of nitrogens with zero attached hydrogens (tertiary/aromatic N) is 1. The molecule has 0 unspecified atom stereocenters. The first kappa shape index (κ1) is 8.48. The van der Waals surface area contributed by atoms with Crippen molar-refractivity contribution in [3.05, 3.63) is 0 Å². The molecular weight excluding hydrogens is 138 g/mol. The fourth-order valence-corrected chi connectivity index (χ4v) is 2.23. The summed E-state index contributed by atoms with van der Waals surface area (Å²) in [5.41, 5.74) is 0.335. The molecule has 11 heavy (non-hydrogen) atoms. The highest BCUT2D eigenvalue weighted by atomic mass is 16.1. The fourth-order valence-electron chi connectivity index (χ4n) is 2.23. The molecule has 0 atom stereocenters. The Balaban J connectivity index is 2.64. The van der Waals surface area contributed by atoms with E-state index in [4.69, 9.17) is 0 Å². The van der Waals surface area contributed by atoms with Gasteiger partial charge in [-0.3, -0.25) is 0 Å². The van der Waals surface area contributed by atoms with Gasteiger partial charge in [-0.05, 0) is 24.7 Å². The van der Waals surface area contributed by atoms with E-state index < -0.39 is 0 Å². The summed E-state index contributed by atoms with van der Waals surface area (Å²) < 4.78 is 0. The summed E-state index contributed by atoms with van der Waals surface area (Å²) >= 11 is 0. The van der Waals surface area contributed by atoms with Crippen molar-refractivity contribution >= 4 is 6.08 Å². The summed E-state index contributed by atoms with van der Waals surface area (Å²) in [4.78, 5) is 14.0. The Bertz CT molecular complexity index is 194. The van der Waals surface area contributed by atoms with Crippen molar-refractivity contribution < 1.29 is 4.79 Å². The standard InChI is InChI=1S/C9H15NO/c1-4-9(10-7-11)5-8(2,3)6-9/h4-6H2,1-3H3. The molecule has 62 valence electrons. The van der Waals surface area contributed by atoms with Gasteiger partial charge >= 0.3 is 0 Å². The molecular formula is C9H15NO. The Morgan fingerprint density at radius 2 is 2.00 bits per heavy atom. The van der Waals surface area contributed by atoms with E-state index in [0.29, 0.717) is 5.41 Å². The lowest BCUT2D eigenvalue weighted by Gasteiger charge is -2.49. The number of rotatable bonds is 2. The molecule has 0 amide bonds. The number of hydrogen-bond donors (Lipinski definition) is 0. The van der Waals surface area contributed by atoms with Crippen molar-refractivity contribution in [3.8, 4) is 0 Å². The first-order chi connectivity index (χ1) is 5.04. The fraction of sp³-hybridized carbons (Fsp3) is 0.889. The predicted molar refractivity (Wildman–Crippen MR) is 44.2 cm³/mol. The molecule has 2 nitrogen and oxygen atoms in total. The minimum Gasteiger partial charge on any atom is -0.211 e. The molecule has 1 aliphatic rings. The maximum absolute atomic E-state index is 10.1. The Kier molecular flexibility index (Phi) is 1.89. The number of isocyanates is 1. The van der Waals surface area contributed by atoms with E-state index in [9.17, 15) is 4.79 Å². The van der Waals surface area contributed by atoms with Crippen molar-refractivity contribution in [2.24, 2.45) is 10.4 Å². The molecule has 1 saturated carbocycles. The number of hydrogen-bond acceptors (Lipinski definition) is 2. The Morgan fingerprint density at radius 1 is 1.45 bits per heavy atom. The van der Waals surface area contributed by atoms with Gasteiger partial charge in [0, 0.05) is 0 Å². The molecule has 0 aromatic rings. The monoisotopic (exact) mass is 153 g/mol. The van der Waals surface area contributed by atoms with E-state index in [-0.39, 0.29) is 5.54 Å². The van der Waals surface area contributed by atoms with Crippen LogP contribution in [-0.4, -0.2) is 11.6 Å². The third kappa shape index (κ3) is 1.51. The van der Waals surface area contributed by atoms with E-state index in [1.807, 2.05) is 0 Å². The molecule has 0 aliphatic heterocycles. The van der Waals surface area contributed by atoms with E-state index >= 15 is 0 Å². The highest BCUT2D eigenvalue weighted by Crippen LogP contribution is 2.51. The molecule has 0 spiro atoms. The van der Waals surface area contributed by atoms with Crippen LogP contribution in [0.5, 0.6) is 0 Å². The van der Waals surface area contributed by atoms with Crippen molar-refractivity contribution in [2.75, 3.05) is 0 Å².